The molecule has 0 aromatic heterocycles. The molecular weight excluding hydrogens is 144 g/mol. The average molecular weight is 157 g/mol. The summed E-state index contributed by atoms with van der Waals surface area (Å²) in [5.74, 6) is -0.0710. The average Bonchev–Trinajstić information content (AvgIpc) is 1.86. The molecule has 0 rings (SSSR count). The normalized spacial score (nSPS) is 9.82. The Bertz CT molecular complexity index is 145. The summed E-state index contributed by atoms with van der Waals surface area (Å²) in [5, 5.41) is 0. The van der Waals surface area contributed by atoms with Gasteiger partial charge in [-0.05, 0) is 14.1 Å². The zero-order chi connectivity index (χ0) is 8.85. The van der Waals surface area contributed by atoms with E-state index in [0.717, 1.165) is 0 Å². The summed E-state index contributed by atoms with van der Waals surface area (Å²) in [6.45, 7) is 0.380. The van der Waals surface area contributed by atoms with E-state index in [1.54, 1.807) is 32.3 Å². The Morgan fingerprint density at radius 1 is 1.36 bits per heavy atom. The molecule has 0 spiro atoms. The highest BCUT2D eigenvalue weighted by Crippen LogP contribution is 1.84. The van der Waals surface area contributed by atoms with Crippen molar-refractivity contribution in [1.82, 2.24) is 9.80 Å². The van der Waals surface area contributed by atoms with E-state index >= 15 is 0 Å². The fourth-order valence-electron chi connectivity index (χ4n) is 0.576. The van der Waals surface area contributed by atoms with Crippen molar-refractivity contribution in [3.05, 3.63) is 0 Å². The number of hydrogen-bond donors (Lipinski definition) is 0. The van der Waals surface area contributed by atoms with Gasteiger partial charge in [0.25, 0.3) is 0 Å². The molecule has 0 saturated carbocycles. The number of nitrogens with zero attached hydrogens (tertiary/aromatic N) is 2. The highest BCUT2D eigenvalue weighted by atomic mass is 16.2. The van der Waals surface area contributed by atoms with Crippen LogP contribution in [0.4, 0.5) is 0 Å². The number of hydrogen-bond acceptors (Lipinski definition) is 3. The lowest BCUT2D eigenvalue weighted by Gasteiger charge is -2.16. The number of amides is 1. The molecule has 0 aliphatic heterocycles. The predicted octanol–water partition coefficient (Wildman–Crippen LogP) is -0.884. The van der Waals surface area contributed by atoms with Crippen LogP contribution in [0.15, 0.2) is 0 Å². The lowest BCUT2D eigenvalue weighted by molar-refractivity contribution is -0.129. The molecule has 0 aliphatic rings. The minimum absolute atomic E-state index is 0.0483. The Hall–Kier alpha value is -0.900. The highest BCUT2D eigenvalue weighted by molar-refractivity contribution is 5.80. The van der Waals surface area contributed by atoms with Gasteiger partial charge in [0.2, 0.25) is 12.2 Å². The van der Waals surface area contributed by atoms with E-state index in [-0.39, 0.29) is 12.5 Å². The highest BCUT2D eigenvalue weighted by Gasteiger charge is 2.07. The maximum Gasteiger partial charge on any atom is 0.236 e. The Labute approximate surface area is 66.8 Å². The second-order valence-electron chi connectivity index (χ2n) is 2.63. The maximum atomic E-state index is 11.0. The summed E-state index contributed by atoms with van der Waals surface area (Å²) >= 11 is 0. The van der Waals surface area contributed by atoms with Gasteiger partial charge in [-0.1, -0.05) is 0 Å². The molecule has 0 saturated heterocycles. The van der Waals surface area contributed by atoms with Gasteiger partial charge in [0, 0.05) is 7.05 Å². The molecule has 0 atom stereocenters. The molecule has 4 nitrogen and oxygen atoms in total. The minimum atomic E-state index is -0.0710. The summed E-state index contributed by atoms with van der Waals surface area (Å²) in [5.41, 5.74) is 0. The van der Waals surface area contributed by atoms with Crippen molar-refractivity contribution >= 4 is 12.2 Å². The van der Waals surface area contributed by atoms with Crippen LogP contribution in [-0.2, 0) is 9.59 Å². The standard InChI is InChI=1S/C7H13N2O2/c1-8(2)6-7(11)9(3)4-5-10/h4,6H2,1-3H3. The number of rotatable bonds is 4. The van der Waals surface area contributed by atoms with E-state index in [4.69, 9.17) is 0 Å². The lowest BCUT2D eigenvalue weighted by atomic mass is 10.5. The molecule has 0 fully saturated rings. The molecule has 0 heterocycles. The molecule has 0 aromatic carbocycles. The van der Waals surface area contributed by atoms with Gasteiger partial charge in [-0.25, -0.2) is 0 Å². The third-order valence-corrected chi connectivity index (χ3v) is 1.18. The molecule has 0 N–H and O–H groups in total. The first kappa shape index (κ1) is 10.1. The van der Waals surface area contributed by atoms with Gasteiger partial charge < -0.3 is 9.80 Å². The molecule has 4 heteroatoms. The van der Waals surface area contributed by atoms with Crippen LogP contribution in [0.5, 0.6) is 0 Å². The van der Waals surface area contributed by atoms with Crippen molar-refractivity contribution in [2.24, 2.45) is 0 Å². The molecular formula is C7H13N2O2. The van der Waals surface area contributed by atoms with Crippen LogP contribution in [0, 0.1) is 0 Å². The minimum Gasteiger partial charge on any atom is -0.337 e. The maximum absolute atomic E-state index is 11.0. The molecule has 11 heavy (non-hydrogen) atoms. The first-order valence-electron chi connectivity index (χ1n) is 3.31. The fraction of sp³-hybridized carbons (Fsp3) is 0.714. The Balaban J connectivity index is 3.72. The van der Waals surface area contributed by atoms with E-state index in [1.165, 1.54) is 4.90 Å². The number of carbonyl (C=O) groups excluding carboxylic acids is 2. The van der Waals surface area contributed by atoms with Crippen LogP contribution in [0.2, 0.25) is 0 Å². The van der Waals surface area contributed by atoms with Gasteiger partial charge in [0.1, 0.15) is 0 Å². The SMILES string of the molecule is CN(C)CC(=O)N(C)C[C]=O. The molecule has 0 unspecified atom stereocenters. The summed E-state index contributed by atoms with van der Waals surface area (Å²) in [6.07, 6.45) is 1.66. The van der Waals surface area contributed by atoms with Crippen molar-refractivity contribution in [1.29, 1.82) is 0 Å². The molecule has 1 amide bonds. The van der Waals surface area contributed by atoms with E-state index < -0.39 is 0 Å². The lowest BCUT2D eigenvalue weighted by Crippen LogP contribution is -2.35. The Morgan fingerprint density at radius 2 is 1.91 bits per heavy atom. The van der Waals surface area contributed by atoms with Gasteiger partial charge in [-0.3, -0.25) is 9.59 Å². The predicted molar refractivity (Wildman–Crippen MR) is 41.9 cm³/mol. The van der Waals surface area contributed by atoms with Gasteiger partial charge in [0.05, 0.1) is 13.1 Å². The first-order valence-corrected chi connectivity index (χ1v) is 3.31. The summed E-state index contributed by atoms with van der Waals surface area (Å²) in [7, 11) is 5.18. The summed E-state index contributed by atoms with van der Waals surface area (Å²) in [6, 6.07) is 0. The van der Waals surface area contributed by atoms with Crippen LogP contribution in [0.3, 0.4) is 0 Å². The van der Waals surface area contributed by atoms with E-state index in [0.29, 0.717) is 6.54 Å². The topological polar surface area (TPSA) is 40.6 Å². The van der Waals surface area contributed by atoms with Crippen molar-refractivity contribution in [2.75, 3.05) is 34.2 Å². The summed E-state index contributed by atoms with van der Waals surface area (Å²) < 4.78 is 0. The van der Waals surface area contributed by atoms with Crippen molar-refractivity contribution in [2.45, 2.75) is 0 Å². The van der Waals surface area contributed by atoms with Crippen molar-refractivity contribution < 1.29 is 9.59 Å². The van der Waals surface area contributed by atoms with E-state index in [2.05, 4.69) is 0 Å². The molecule has 0 aromatic rings. The number of likely N-dealkylation sites (N-methyl/N-ethyl adjacent to an activating group) is 2. The van der Waals surface area contributed by atoms with E-state index in [1.807, 2.05) is 0 Å². The molecule has 63 valence electrons. The third kappa shape index (κ3) is 4.50. The van der Waals surface area contributed by atoms with E-state index in [9.17, 15) is 9.59 Å². The second kappa shape index (κ2) is 4.85. The van der Waals surface area contributed by atoms with Crippen LogP contribution in [0.25, 0.3) is 0 Å². The fourth-order valence-corrected chi connectivity index (χ4v) is 0.576. The smallest absolute Gasteiger partial charge is 0.236 e. The van der Waals surface area contributed by atoms with Crippen molar-refractivity contribution in [3.8, 4) is 0 Å². The molecule has 0 aliphatic carbocycles. The van der Waals surface area contributed by atoms with Crippen LogP contribution >= 0.6 is 0 Å². The summed E-state index contributed by atoms with van der Waals surface area (Å²) in [4.78, 5) is 24.0. The van der Waals surface area contributed by atoms with Crippen molar-refractivity contribution in [3.63, 3.8) is 0 Å². The Kier molecular flexibility index (Phi) is 4.45. The zero-order valence-corrected chi connectivity index (χ0v) is 7.13. The third-order valence-electron chi connectivity index (χ3n) is 1.18. The van der Waals surface area contributed by atoms with Gasteiger partial charge in [-0.15, -0.1) is 0 Å². The van der Waals surface area contributed by atoms with Crippen LogP contribution in [0.1, 0.15) is 0 Å². The molecule has 0 bridgehead atoms. The largest absolute Gasteiger partial charge is 0.337 e. The van der Waals surface area contributed by atoms with Crippen LogP contribution in [-0.4, -0.2) is 56.2 Å². The first-order chi connectivity index (χ1) is 5.07. The zero-order valence-electron chi connectivity index (χ0n) is 7.13. The van der Waals surface area contributed by atoms with Gasteiger partial charge in [-0.2, -0.15) is 0 Å². The quantitative estimate of drug-likeness (QED) is 0.532. The van der Waals surface area contributed by atoms with Gasteiger partial charge >= 0.3 is 0 Å². The van der Waals surface area contributed by atoms with Gasteiger partial charge in [0.15, 0.2) is 0 Å². The number of carbonyl (C=O) groups is 1. The molecule has 1 radical (unpaired) electrons. The Morgan fingerprint density at radius 3 is 2.27 bits per heavy atom. The monoisotopic (exact) mass is 157 g/mol. The van der Waals surface area contributed by atoms with Crippen LogP contribution < -0.4 is 0 Å². The second-order valence-corrected chi connectivity index (χ2v) is 2.63.